The van der Waals surface area contributed by atoms with Crippen LogP contribution in [0.15, 0.2) is 0 Å². The fraction of sp³-hybridized carbons (Fsp3) is 0.917. The highest BCUT2D eigenvalue weighted by atomic mass is 16.5. The highest BCUT2D eigenvalue weighted by molar-refractivity contribution is 5.78. The lowest BCUT2D eigenvalue weighted by Crippen LogP contribution is -2.50. The van der Waals surface area contributed by atoms with E-state index in [4.69, 9.17) is 10.6 Å². The highest BCUT2D eigenvalue weighted by Crippen LogP contribution is 2.19. The zero-order chi connectivity index (χ0) is 12.8. The van der Waals surface area contributed by atoms with Crippen LogP contribution in [0.1, 0.15) is 33.6 Å². The third-order valence-corrected chi connectivity index (χ3v) is 3.67. The van der Waals surface area contributed by atoms with Crippen LogP contribution in [0.25, 0.3) is 0 Å². The highest BCUT2D eigenvalue weighted by Gasteiger charge is 2.29. The zero-order valence-electron chi connectivity index (χ0n) is 11.1. The molecule has 0 radical (unpaired) electrons. The molecule has 0 bridgehead atoms. The average Bonchev–Trinajstić information content (AvgIpc) is 2.36. The van der Waals surface area contributed by atoms with Crippen LogP contribution < -0.4 is 11.3 Å². The summed E-state index contributed by atoms with van der Waals surface area (Å²) >= 11 is 0. The van der Waals surface area contributed by atoms with Crippen molar-refractivity contribution in [1.29, 1.82) is 0 Å². The van der Waals surface area contributed by atoms with Crippen molar-refractivity contribution in [3.05, 3.63) is 0 Å². The first kappa shape index (κ1) is 14.4. The number of nitrogens with zero attached hydrogens (tertiary/aromatic N) is 1. The van der Waals surface area contributed by atoms with E-state index < -0.39 is 0 Å². The minimum atomic E-state index is -0.101. The summed E-state index contributed by atoms with van der Waals surface area (Å²) in [6, 6.07) is 0.196. The molecular weight excluding hydrogens is 218 g/mol. The monoisotopic (exact) mass is 243 g/mol. The third-order valence-electron chi connectivity index (χ3n) is 3.67. The Morgan fingerprint density at radius 1 is 1.59 bits per heavy atom. The summed E-state index contributed by atoms with van der Waals surface area (Å²) in [5, 5.41) is 0. The summed E-state index contributed by atoms with van der Waals surface area (Å²) in [7, 11) is 0. The minimum absolute atomic E-state index is 0.0969. The fourth-order valence-corrected chi connectivity index (χ4v) is 2.37. The predicted octanol–water partition coefficient (Wildman–Crippen LogP) is 0.502. The first-order valence-corrected chi connectivity index (χ1v) is 6.46. The van der Waals surface area contributed by atoms with E-state index in [1.165, 1.54) is 0 Å². The molecule has 0 aromatic carbocycles. The summed E-state index contributed by atoms with van der Waals surface area (Å²) in [6.45, 7) is 8.72. The van der Waals surface area contributed by atoms with E-state index >= 15 is 0 Å². The van der Waals surface area contributed by atoms with Crippen LogP contribution in [-0.4, -0.2) is 42.6 Å². The van der Waals surface area contributed by atoms with Crippen LogP contribution >= 0.6 is 0 Å². The summed E-state index contributed by atoms with van der Waals surface area (Å²) in [6.07, 6.45) is 2.56. The van der Waals surface area contributed by atoms with E-state index in [0.29, 0.717) is 6.10 Å². The van der Waals surface area contributed by atoms with Gasteiger partial charge in [-0.05, 0) is 33.2 Å². The summed E-state index contributed by atoms with van der Waals surface area (Å²) < 4.78 is 5.66. The van der Waals surface area contributed by atoms with Crippen molar-refractivity contribution in [2.75, 3.05) is 19.7 Å². The number of amides is 1. The van der Waals surface area contributed by atoms with Gasteiger partial charge in [0, 0.05) is 19.2 Å². The lowest BCUT2D eigenvalue weighted by molar-refractivity contribution is -0.127. The fourth-order valence-electron chi connectivity index (χ4n) is 2.37. The molecule has 3 unspecified atom stereocenters. The standard InChI is InChI=1S/C12H25N3O2/c1-4-17-11-6-5-7-15(8-11)10(3)9(2)12(16)14-13/h9-11H,4-8,13H2,1-3H3,(H,14,16). The maximum atomic E-state index is 11.5. The number of ether oxygens (including phenoxy) is 1. The van der Waals surface area contributed by atoms with Crippen molar-refractivity contribution >= 4 is 5.91 Å². The quantitative estimate of drug-likeness (QED) is 0.419. The zero-order valence-corrected chi connectivity index (χ0v) is 11.1. The molecule has 1 amide bonds. The Bertz CT molecular complexity index is 246. The number of hydrazine groups is 1. The Morgan fingerprint density at radius 2 is 2.29 bits per heavy atom. The van der Waals surface area contributed by atoms with E-state index in [-0.39, 0.29) is 17.9 Å². The van der Waals surface area contributed by atoms with Gasteiger partial charge < -0.3 is 4.74 Å². The van der Waals surface area contributed by atoms with Gasteiger partial charge in [-0.15, -0.1) is 0 Å². The van der Waals surface area contributed by atoms with Crippen LogP contribution in [-0.2, 0) is 9.53 Å². The maximum Gasteiger partial charge on any atom is 0.238 e. The molecule has 3 atom stereocenters. The number of nitrogens with one attached hydrogen (secondary N) is 1. The Kier molecular flexibility index (Phi) is 5.88. The van der Waals surface area contributed by atoms with Crippen molar-refractivity contribution < 1.29 is 9.53 Å². The maximum absolute atomic E-state index is 11.5. The smallest absolute Gasteiger partial charge is 0.238 e. The van der Waals surface area contributed by atoms with Crippen LogP contribution in [0.5, 0.6) is 0 Å². The molecule has 1 heterocycles. The number of piperidine rings is 1. The van der Waals surface area contributed by atoms with E-state index in [2.05, 4.69) is 17.2 Å². The molecule has 0 aliphatic carbocycles. The molecule has 1 aliphatic heterocycles. The Hall–Kier alpha value is -0.650. The SMILES string of the molecule is CCOC1CCCN(C(C)C(C)C(=O)NN)C1. The molecule has 3 N–H and O–H groups in total. The molecule has 0 spiro atoms. The number of nitrogens with two attached hydrogens (primary N) is 1. The Labute approximate surface area is 104 Å². The second-order valence-electron chi connectivity index (χ2n) is 4.75. The van der Waals surface area contributed by atoms with Crippen LogP contribution in [0.4, 0.5) is 0 Å². The molecule has 1 aliphatic rings. The van der Waals surface area contributed by atoms with Crippen LogP contribution in [0.3, 0.4) is 0 Å². The molecule has 1 rings (SSSR count). The Morgan fingerprint density at radius 3 is 2.88 bits per heavy atom. The lowest BCUT2D eigenvalue weighted by atomic mass is 9.98. The summed E-state index contributed by atoms with van der Waals surface area (Å²) in [4.78, 5) is 13.8. The molecular formula is C12H25N3O2. The number of hydrogen-bond donors (Lipinski definition) is 2. The summed E-state index contributed by atoms with van der Waals surface area (Å²) in [5.41, 5.74) is 2.22. The van der Waals surface area contributed by atoms with Gasteiger partial charge >= 0.3 is 0 Å². The normalized spacial score (nSPS) is 25.3. The molecule has 1 fully saturated rings. The molecule has 0 aromatic rings. The third kappa shape index (κ3) is 3.94. The molecule has 5 heteroatoms. The minimum Gasteiger partial charge on any atom is -0.377 e. The number of hydrogen-bond acceptors (Lipinski definition) is 4. The van der Waals surface area contributed by atoms with E-state index in [0.717, 1.165) is 32.5 Å². The van der Waals surface area contributed by atoms with Crippen molar-refractivity contribution in [3.63, 3.8) is 0 Å². The van der Waals surface area contributed by atoms with Gasteiger partial charge in [-0.3, -0.25) is 15.1 Å². The van der Waals surface area contributed by atoms with Crippen molar-refractivity contribution in [3.8, 4) is 0 Å². The molecule has 100 valence electrons. The number of rotatable bonds is 5. The molecule has 17 heavy (non-hydrogen) atoms. The van der Waals surface area contributed by atoms with Crippen LogP contribution in [0, 0.1) is 5.92 Å². The van der Waals surface area contributed by atoms with Gasteiger partial charge in [0.2, 0.25) is 5.91 Å². The number of carbonyl (C=O) groups is 1. The summed E-state index contributed by atoms with van der Waals surface area (Å²) in [5.74, 6) is 4.97. The van der Waals surface area contributed by atoms with E-state index in [9.17, 15) is 4.79 Å². The van der Waals surface area contributed by atoms with Gasteiger partial charge in [0.05, 0.1) is 12.0 Å². The number of likely N-dealkylation sites (tertiary alicyclic amines) is 1. The topological polar surface area (TPSA) is 67.6 Å². The average molecular weight is 243 g/mol. The van der Waals surface area contributed by atoms with Crippen LogP contribution in [0.2, 0.25) is 0 Å². The lowest BCUT2D eigenvalue weighted by Gasteiger charge is -2.38. The Balaban J connectivity index is 2.50. The van der Waals surface area contributed by atoms with Gasteiger partial charge in [-0.1, -0.05) is 6.92 Å². The van der Waals surface area contributed by atoms with E-state index in [1.54, 1.807) is 0 Å². The van der Waals surface area contributed by atoms with Gasteiger partial charge in [-0.2, -0.15) is 0 Å². The molecule has 0 aromatic heterocycles. The molecule has 5 nitrogen and oxygen atoms in total. The first-order chi connectivity index (χ1) is 8.10. The van der Waals surface area contributed by atoms with Gasteiger partial charge in [0.1, 0.15) is 0 Å². The second kappa shape index (κ2) is 6.93. The second-order valence-corrected chi connectivity index (χ2v) is 4.75. The van der Waals surface area contributed by atoms with Crippen molar-refractivity contribution in [1.82, 2.24) is 10.3 Å². The first-order valence-electron chi connectivity index (χ1n) is 6.46. The van der Waals surface area contributed by atoms with E-state index in [1.807, 2.05) is 13.8 Å². The molecule has 1 saturated heterocycles. The largest absolute Gasteiger partial charge is 0.377 e. The van der Waals surface area contributed by atoms with Gasteiger partial charge in [0.25, 0.3) is 0 Å². The predicted molar refractivity (Wildman–Crippen MR) is 67.2 cm³/mol. The number of carbonyl (C=O) groups excluding carboxylic acids is 1. The van der Waals surface area contributed by atoms with Gasteiger partial charge in [-0.25, -0.2) is 5.84 Å². The van der Waals surface area contributed by atoms with Crippen molar-refractivity contribution in [2.45, 2.75) is 45.8 Å². The van der Waals surface area contributed by atoms with Gasteiger partial charge in [0.15, 0.2) is 0 Å². The molecule has 0 saturated carbocycles. The van der Waals surface area contributed by atoms with Crippen molar-refractivity contribution in [2.24, 2.45) is 11.8 Å².